The van der Waals surface area contributed by atoms with Crippen LogP contribution in [-0.4, -0.2) is 28.9 Å². The van der Waals surface area contributed by atoms with Crippen molar-refractivity contribution in [2.45, 2.75) is 17.8 Å². The summed E-state index contributed by atoms with van der Waals surface area (Å²) in [6, 6.07) is 25.9. The Labute approximate surface area is 261 Å². The molecule has 4 aliphatic rings. The second-order valence-electron chi connectivity index (χ2n) is 11.0. The first kappa shape index (κ1) is 27.9. The summed E-state index contributed by atoms with van der Waals surface area (Å²) in [7, 11) is 0. The monoisotopic (exact) mass is 624 g/mol. The lowest BCUT2D eigenvalue weighted by atomic mass is 9.47. The number of hydrogen-bond donors (Lipinski definition) is 1. The second kappa shape index (κ2) is 10.4. The lowest BCUT2D eigenvalue weighted by Crippen LogP contribution is -2.54. The van der Waals surface area contributed by atoms with Crippen LogP contribution in [0, 0.1) is 22.0 Å². The number of carbonyl (C=O) groups is 3. The molecule has 1 saturated heterocycles. The fourth-order valence-electron chi connectivity index (χ4n) is 7.15. The summed E-state index contributed by atoms with van der Waals surface area (Å²) in [5.41, 5.74) is 4.80. The molecule has 1 heterocycles. The van der Waals surface area contributed by atoms with Crippen molar-refractivity contribution in [3.63, 3.8) is 0 Å². The van der Waals surface area contributed by atoms with Crippen LogP contribution in [0.3, 0.4) is 0 Å². The molecule has 1 fully saturated rings. The third-order valence-electron chi connectivity index (χ3n) is 8.79. The first-order chi connectivity index (χ1) is 21.2. The fraction of sp³-hybridized carbons (Fsp3) is 0.152. The molecule has 2 atom stereocenters. The van der Waals surface area contributed by atoms with E-state index in [1.807, 2.05) is 48.5 Å². The molecule has 0 spiro atoms. The number of benzene rings is 4. The molecule has 218 valence electrons. The van der Waals surface area contributed by atoms with E-state index in [-0.39, 0.29) is 23.0 Å². The van der Waals surface area contributed by atoms with Gasteiger partial charge in [0.15, 0.2) is 0 Å². The molecule has 0 aromatic heterocycles. The Morgan fingerprint density at radius 1 is 0.909 bits per heavy atom. The van der Waals surface area contributed by atoms with Crippen molar-refractivity contribution in [2.24, 2.45) is 16.9 Å². The number of halogens is 2. The second-order valence-corrected chi connectivity index (χ2v) is 11.9. The van der Waals surface area contributed by atoms with E-state index in [0.29, 0.717) is 5.02 Å². The Balaban J connectivity index is 1.36. The zero-order valence-electron chi connectivity index (χ0n) is 22.8. The van der Waals surface area contributed by atoms with E-state index in [1.54, 1.807) is 30.5 Å². The molecule has 2 bridgehead atoms. The Kier molecular flexibility index (Phi) is 6.60. The van der Waals surface area contributed by atoms with Crippen LogP contribution in [0.15, 0.2) is 96.1 Å². The van der Waals surface area contributed by atoms with E-state index < -0.39 is 45.6 Å². The van der Waals surface area contributed by atoms with Gasteiger partial charge in [-0.25, -0.2) is 10.3 Å². The van der Waals surface area contributed by atoms with Crippen molar-refractivity contribution in [1.29, 1.82) is 0 Å². The van der Waals surface area contributed by atoms with Gasteiger partial charge in [-0.2, -0.15) is 5.10 Å². The maximum Gasteiger partial charge on any atom is 0.294 e. The van der Waals surface area contributed by atoms with Gasteiger partial charge >= 0.3 is 0 Å². The maximum absolute atomic E-state index is 14.5. The molecule has 44 heavy (non-hydrogen) atoms. The summed E-state index contributed by atoms with van der Waals surface area (Å²) in [5, 5.41) is 17.1. The summed E-state index contributed by atoms with van der Waals surface area (Å²) in [4.78, 5) is 53.9. The molecule has 9 nitrogen and oxygen atoms in total. The topological polar surface area (TPSA) is 122 Å². The van der Waals surface area contributed by atoms with E-state index in [1.165, 1.54) is 12.1 Å². The number of hydrazone groups is 1. The Morgan fingerprint density at radius 3 is 2.16 bits per heavy atom. The number of nitrogens with zero attached hydrogens (tertiary/aromatic N) is 3. The SMILES string of the molecule is O=C(Cc1ccc(Cl)cc1)N/N=C\C12c3ccccc3C(c3ccccc31)[C@H]1C(=O)N(c3ccc(Cl)cc3[N+](=O)[O-])C(=O)[C@H]12. The van der Waals surface area contributed by atoms with Gasteiger partial charge in [-0.3, -0.25) is 24.5 Å². The molecule has 1 aliphatic heterocycles. The molecule has 11 heteroatoms. The maximum atomic E-state index is 14.5. The zero-order valence-corrected chi connectivity index (χ0v) is 24.3. The van der Waals surface area contributed by atoms with Crippen LogP contribution in [0.4, 0.5) is 11.4 Å². The Morgan fingerprint density at radius 2 is 1.52 bits per heavy atom. The highest BCUT2D eigenvalue weighted by atomic mass is 35.5. The van der Waals surface area contributed by atoms with Crippen molar-refractivity contribution >= 4 is 58.5 Å². The van der Waals surface area contributed by atoms with Crippen LogP contribution in [0.1, 0.15) is 33.7 Å². The fourth-order valence-corrected chi connectivity index (χ4v) is 7.44. The average Bonchev–Trinajstić information content (AvgIpc) is 3.29. The minimum atomic E-state index is -1.25. The van der Waals surface area contributed by atoms with Crippen molar-refractivity contribution in [3.8, 4) is 0 Å². The summed E-state index contributed by atoms with van der Waals surface area (Å²) in [5.74, 6) is -3.80. The summed E-state index contributed by atoms with van der Waals surface area (Å²) < 4.78 is 0. The van der Waals surface area contributed by atoms with Gasteiger partial charge in [0.2, 0.25) is 17.7 Å². The Hall–Kier alpha value is -4.86. The minimum Gasteiger partial charge on any atom is -0.274 e. The number of anilines is 1. The first-order valence-corrected chi connectivity index (χ1v) is 14.6. The molecule has 3 aliphatic carbocycles. The molecule has 0 radical (unpaired) electrons. The van der Waals surface area contributed by atoms with Gasteiger partial charge in [0, 0.05) is 28.2 Å². The van der Waals surface area contributed by atoms with Crippen LogP contribution in [0.25, 0.3) is 0 Å². The predicted octanol–water partition coefficient (Wildman–Crippen LogP) is 5.80. The summed E-state index contributed by atoms with van der Waals surface area (Å²) in [6.07, 6.45) is 1.59. The zero-order chi connectivity index (χ0) is 30.7. The van der Waals surface area contributed by atoms with Gasteiger partial charge in [-0.05, 0) is 52.1 Å². The molecule has 3 amide bonds. The standard InChI is InChI=1S/C33H22Cl2N4O5/c34-19-11-9-18(10-12-19)15-27(40)37-36-17-33-23-7-3-1-5-21(23)28(22-6-2-4-8-24(22)33)29-30(33)32(42)38(31(29)41)25-14-13-20(35)16-26(25)39(43)44/h1-14,16-17,28-30H,15H2,(H,37,40)/b36-17-/t28?,29-,30+,33?/m1/s1. The van der Waals surface area contributed by atoms with Gasteiger partial charge in [0.05, 0.1) is 28.6 Å². The van der Waals surface area contributed by atoms with Crippen LogP contribution in [0.2, 0.25) is 10.0 Å². The molecular weight excluding hydrogens is 603 g/mol. The van der Waals surface area contributed by atoms with Crippen molar-refractivity contribution in [2.75, 3.05) is 4.90 Å². The van der Waals surface area contributed by atoms with E-state index in [4.69, 9.17) is 23.2 Å². The largest absolute Gasteiger partial charge is 0.294 e. The quantitative estimate of drug-likeness (QED) is 0.126. The molecule has 1 N–H and O–H groups in total. The third-order valence-corrected chi connectivity index (χ3v) is 9.28. The van der Waals surface area contributed by atoms with Gasteiger partial charge in [0.25, 0.3) is 5.69 Å². The van der Waals surface area contributed by atoms with Crippen LogP contribution in [0.5, 0.6) is 0 Å². The predicted molar refractivity (Wildman–Crippen MR) is 165 cm³/mol. The third kappa shape index (κ3) is 4.07. The van der Waals surface area contributed by atoms with Gasteiger partial charge in [-0.1, -0.05) is 83.9 Å². The van der Waals surface area contributed by atoms with Gasteiger partial charge in [-0.15, -0.1) is 0 Å². The summed E-state index contributed by atoms with van der Waals surface area (Å²) >= 11 is 12.0. The van der Waals surface area contributed by atoms with Crippen LogP contribution in [-0.2, 0) is 26.2 Å². The number of nitro benzene ring substituents is 1. The van der Waals surface area contributed by atoms with Crippen LogP contribution < -0.4 is 10.3 Å². The molecule has 0 saturated carbocycles. The molecule has 4 aromatic carbocycles. The van der Waals surface area contributed by atoms with Crippen molar-refractivity contribution < 1.29 is 19.3 Å². The highest BCUT2D eigenvalue weighted by Crippen LogP contribution is 2.64. The van der Waals surface area contributed by atoms with E-state index in [0.717, 1.165) is 38.8 Å². The van der Waals surface area contributed by atoms with E-state index >= 15 is 0 Å². The number of imide groups is 1. The number of nitro groups is 1. The van der Waals surface area contributed by atoms with Crippen molar-refractivity contribution in [3.05, 3.63) is 139 Å². The Bertz CT molecular complexity index is 1880. The molecule has 4 aromatic rings. The highest BCUT2D eigenvalue weighted by molar-refractivity contribution is 6.31. The normalized spacial score (nSPS) is 23.0. The number of amides is 3. The van der Waals surface area contributed by atoms with Crippen molar-refractivity contribution in [1.82, 2.24) is 5.43 Å². The number of hydrogen-bond acceptors (Lipinski definition) is 6. The molecule has 8 rings (SSSR count). The lowest BCUT2D eigenvalue weighted by molar-refractivity contribution is -0.384. The highest BCUT2D eigenvalue weighted by Gasteiger charge is 2.68. The lowest BCUT2D eigenvalue weighted by Gasteiger charge is -2.52. The molecular formula is C33H22Cl2N4O5. The van der Waals surface area contributed by atoms with Gasteiger partial charge in [0.1, 0.15) is 5.69 Å². The number of carbonyl (C=O) groups excluding carboxylic acids is 3. The van der Waals surface area contributed by atoms with E-state index in [9.17, 15) is 24.5 Å². The average molecular weight is 625 g/mol. The summed E-state index contributed by atoms with van der Waals surface area (Å²) in [6.45, 7) is 0. The number of rotatable bonds is 6. The first-order valence-electron chi connectivity index (χ1n) is 13.8. The van der Waals surface area contributed by atoms with Gasteiger partial charge < -0.3 is 0 Å². The van der Waals surface area contributed by atoms with E-state index in [2.05, 4.69) is 10.5 Å². The number of nitrogens with one attached hydrogen (secondary N) is 1. The smallest absolute Gasteiger partial charge is 0.274 e. The van der Waals surface area contributed by atoms with Crippen LogP contribution >= 0.6 is 23.2 Å². The molecule has 0 unspecified atom stereocenters. The minimum absolute atomic E-state index is 0.0498.